The lowest BCUT2D eigenvalue weighted by Crippen LogP contribution is -2.26. The maximum atomic E-state index is 11.6. The third-order valence-electron chi connectivity index (χ3n) is 2.22. The molecule has 3 N–H and O–H groups in total. The highest BCUT2D eigenvalue weighted by Gasteiger charge is 2.07. The molecule has 1 aromatic heterocycles. The van der Waals surface area contributed by atoms with Crippen LogP contribution in [-0.2, 0) is 7.05 Å². The molecule has 0 bridgehead atoms. The zero-order valence-electron chi connectivity index (χ0n) is 9.07. The van der Waals surface area contributed by atoms with E-state index in [1.54, 1.807) is 24.1 Å². The van der Waals surface area contributed by atoms with Gasteiger partial charge in [0.05, 0.1) is 12.5 Å². The Labute approximate surface area is 89.7 Å². The van der Waals surface area contributed by atoms with Gasteiger partial charge in [-0.15, -0.1) is 0 Å². The van der Waals surface area contributed by atoms with Crippen LogP contribution >= 0.6 is 0 Å². The molecule has 0 saturated carbocycles. The number of hydrogen-bond donors (Lipinski definition) is 2. The van der Waals surface area contributed by atoms with Gasteiger partial charge in [0, 0.05) is 13.6 Å². The molecule has 1 amide bonds. The van der Waals surface area contributed by atoms with Gasteiger partial charge in [-0.3, -0.25) is 4.79 Å². The van der Waals surface area contributed by atoms with E-state index in [0.717, 1.165) is 25.8 Å². The largest absolute Gasteiger partial charge is 0.351 e. The molecule has 0 atom stereocenters. The Hall–Kier alpha value is -1.36. The van der Waals surface area contributed by atoms with Crippen molar-refractivity contribution in [2.24, 2.45) is 12.8 Å². The van der Waals surface area contributed by atoms with E-state index in [-0.39, 0.29) is 5.91 Å². The number of hydrogen-bond acceptors (Lipinski definition) is 3. The molecular formula is C10H18N4O. The smallest absolute Gasteiger partial charge is 0.269 e. The van der Waals surface area contributed by atoms with E-state index in [2.05, 4.69) is 10.3 Å². The Morgan fingerprint density at radius 3 is 2.93 bits per heavy atom. The van der Waals surface area contributed by atoms with Gasteiger partial charge in [0.2, 0.25) is 0 Å². The number of amides is 1. The lowest BCUT2D eigenvalue weighted by molar-refractivity contribution is 0.0945. The molecule has 1 aromatic rings. The molecule has 0 spiro atoms. The number of nitrogens with two attached hydrogens (primary N) is 1. The lowest BCUT2D eigenvalue weighted by Gasteiger charge is -2.04. The number of aryl methyl sites for hydroxylation is 1. The Balaban J connectivity index is 2.22. The van der Waals surface area contributed by atoms with E-state index in [0.29, 0.717) is 12.2 Å². The SMILES string of the molecule is Cn1cncc1C(=O)NCCCCCN. The van der Waals surface area contributed by atoms with Crippen molar-refractivity contribution in [3.63, 3.8) is 0 Å². The van der Waals surface area contributed by atoms with Crippen LogP contribution in [0.1, 0.15) is 29.8 Å². The second kappa shape index (κ2) is 6.19. The van der Waals surface area contributed by atoms with Gasteiger partial charge in [0.15, 0.2) is 0 Å². The molecule has 5 heteroatoms. The molecule has 1 rings (SSSR count). The third kappa shape index (κ3) is 3.71. The number of unbranched alkanes of at least 4 members (excludes halogenated alkanes) is 2. The summed E-state index contributed by atoms with van der Waals surface area (Å²) in [4.78, 5) is 15.4. The zero-order valence-corrected chi connectivity index (χ0v) is 9.07. The summed E-state index contributed by atoms with van der Waals surface area (Å²) >= 11 is 0. The summed E-state index contributed by atoms with van der Waals surface area (Å²) in [6.07, 6.45) is 6.23. The van der Waals surface area contributed by atoms with Gasteiger partial charge in [0.25, 0.3) is 5.91 Å². The summed E-state index contributed by atoms with van der Waals surface area (Å²) in [5.41, 5.74) is 5.96. The second-order valence-electron chi connectivity index (χ2n) is 3.50. The first-order valence-corrected chi connectivity index (χ1v) is 5.20. The van der Waals surface area contributed by atoms with Crippen molar-refractivity contribution in [3.05, 3.63) is 18.2 Å². The minimum absolute atomic E-state index is 0.0669. The quantitative estimate of drug-likeness (QED) is 0.662. The molecule has 0 aliphatic carbocycles. The van der Waals surface area contributed by atoms with E-state index in [4.69, 9.17) is 5.73 Å². The number of rotatable bonds is 6. The maximum absolute atomic E-state index is 11.6. The highest BCUT2D eigenvalue weighted by atomic mass is 16.1. The summed E-state index contributed by atoms with van der Waals surface area (Å²) in [6, 6.07) is 0. The van der Waals surface area contributed by atoms with Crippen molar-refractivity contribution in [3.8, 4) is 0 Å². The van der Waals surface area contributed by atoms with Crippen LogP contribution in [0.2, 0.25) is 0 Å². The van der Waals surface area contributed by atoms with Crippen LogP contribution in [0.25, 0.3) is 0 Å². The number of imidazole rings is 1. The topological polar surface area (TPSA) is 72.9 Å². The second-order valence-corrected chi connectivity index (χ2v) is 3.50. The molecule has 0 radical (unpaired) electrons. The van der Waals surface area contributed by atoms with Crippen molar-refractivity contribution in [2.75, 3.05) is 13.1 Å². The van der Waals surface area contributed by atoms with Crippen LogP contribution in [0.15, 0.2) is 12.5 Å². The first kappa shape index (κ1) is 11.7. The average Bonchev–Trinajstić information content (AvgIpc) is 2.64. The fourth-order valence-electron chi connectivity index (χ4n) is 1.31. The molecule has 0 aliphatic rings. The Morgan fingerprint density at radius 1 is 1.53 bits per heavy atom. The first-order valence-electron chi connectivity index (χ1n) is 5.20. The number of carbonyl (C=O) groups excluding carboxylic acids is 1. The van der Waals surface area contributed by atoms with Crippen molar-refractivity contribution >= 4 is 5.91 Å². The predicted octanol–water partition coefficient (Wildman–Crippen LogP) is 0.279. The van der Waals surface area contributed by atoms with Crippen molar-refractivity contribution in [1.29, 1.82) is 0 Å². The molecule has 0 unspecified atom stereocenters. The fraction of sp³-hybridized carbons (Fsp3) is 0.600. The van der Waals surface area contributed by atoms with Crippen LogP contribution in [0.3, 0.4) is 0 Å². The van der Waals surface area contributed by atoms with Gasteiger partial charge < -0.3 is 15.6 Å². The highest BCUT2D eigenvalue weighted by Crippen LogP contribution is 1.96. The minimum atomic E-state index is -0.0669. The molecule has 0 saturated heterocycles. The number of aromatic nitrogens is 2. The van der Waals surface area contributed by atoms with Crippen LogP contribution < -0.4 is 11.1 Å². The molecule has 0 aromatic carbocycles. The van der Waals surface area contributed by atoms with Crippen molar-refractivity contribution < 1.29 is 4.79 Å². The third-order valence-corrected chi connectivity index (χ3v) is 2.22. The molecule has 0 aliphatic heterocycles. The number of carbonyl (C=O) groups is 1. The summed E-state index contributed by atoms with van der Waals surface area (Å²) in [5, 5.41) is 2.84. The van der Waals surface area contributed by atoms with Crippen molar-refractivity contribution in [1.82, 2.24) is 14.9 Å². The van der Waals surface area contributed by atoms with Crippen LogP contribution in [-0.4, -0.2) is 28.5 Å². The Morgan fingerprint density at radius 2 is 2.33 bits per heavy atom. The molecule has 5 nitrogen and oxygen atoms in total. The monoisotopic (exact) mass is 210 g/mol. The maximum Gasteiger partial charge on any atom is 0.269 e. The first-order chi connectivity index (χ1) is 7.25. The van der Waals surface area contributed by atoms with Crippen LogP contribution in [0.5, 0.6) is 0 Å². The molecule has 84 valence electrons. The minimum Gasteiger partial charge on any atom is -0.351 e. The summed E-state index contributed by atoms with van der Waals surface area (Å²) in [7, 11) is 1.80. The molecule has 0 fully saturated rings. The molecular weight excluding hydrogens is 192 g/mol. The Kier molecular flexibility index (Phi) is 4.83. The van der Waals surface area contributed by atoms with Gasteiger partial charge in [-0.25, -0.2) is 4.98 Å². The van der Waals surface area contributed by atoms with E-state index >= 15 is 0 Å². The van der Waals surface area contributed by atoms with Gasteiger partial charge in [-0.1, -0.05) is 6.42 Å². The van der Waals surface area contributed by atoms with Gasteiger partial charge in [-0.2, -0.15) is 0 Å². The summed E-state index contributed by atoms with van der Waals surface area (Å²) < 4.78 is 1.70. The van der Waals surface area contributed by atoms with Crippen molar-refractivity contribution in [2.45, 2.75) is 19.3 Å². The highest BCUT2D eigenvalue weighted by molar-refractivity contribution is 5.92. The van der Waals surface area contributed by atoms with E-state index in [9.17, 15) is 4.79 Å². The summed E-state index contributed by atoms with van der Waals surface area (Å²) in [5.74, 6) is -0.0669. The van der Waals surface area contributed by atoms with E-state index in [1.165, 1.54) is 0 Å². The fourth-order valence-corrected chi connectivity index (χ4v) is 1.31. The van der Waals surface area contributed by atoms with E-state index in [1.807, 2.05) is 0 Å². The van der Waals surface area contributed by atoms with Crippen LogP contribution in [0, 0.1) is 0 Å². The number of nitrogens with zero attached hydrogens (tertiary/aromatic N) is 2. The van der Waals surface area contributed by atoms with Crippen LogP contribution in [0.4, 0.5) is 0 Å². The Bertz CT molecular complexity index is 308. The zero-order chi connectivity index (χ0) is 11.1. The van der Waals surface area contributed by atoms with Gasteiger partial charge >= 0.3 is 0 Å². The summed E-state index contributed by atoms with van der Waals surface area (Å²) in [6.45, 7) is 1.42. The van der Waals surface area contributed by atoms with Gasteiger partial charge in [0.1, 0.15) is 5.69 Å². The molecule has 15 heavy (non-hydrogen) atoms. The molecule has 1 heterocycles. The predicted molar refractivity (Wildman–Crippen MR) is 58.4 cm³/mol. The number of nitrogens with one attached hydrogen (secondary N) is 1. The van der Waals surface area contributed by atoms with E-state index < -0.39 is 0 Å². The standard InChI is InChI=1S/C10H18N4O/c1-14-8-12-7-9(14)10(15)13-6-4-2-3-5-11/h7-8H,2-6,11H2,1H3,(H,13,15). The van der Waals surface area contributed by atoms with Gasteiger partial charge in [-0.05, 0) is 19.4 Å². The average molecular weight is 210 g/mol. The normalized spacial score (nSPS) is 10.3. The lowest BCUT2D eigenvalue weighted by atomic mass is 10.2.